The van der Waals surface area contributed by atoms with Crippen molar-refractivity contribution in [2.45, 2.75) is 17.9 Å². The fourth-order valence-corrected chi connectivity index (χ4v) is 7.30. The van der Waals surface area contributed by atoms with Crippen molar-refractivity contribution in [2.75, 3.05) is 11.9 Å². The van der Waals surface area contributed by atoms with Crippen molar-refractivity contribution in [2.24, 2.45) is 0 Å². The van der Waals surface area contributed by atoms with E-state index in [2.05, 4.69) is 21.2 Å². The molecule has 208 valence electrons. The molecular formula is C33H24BrN3O4S. The molecule has 2 heterocycles. The quantitative estimate of drug-likeness (QED) is 0.212. The molecule has 5 aromatic carbocycles. The second-order valence-corrected chi connectivity index (χ2v) is 13.0. The molecule has 0 bridgehead atoms. The number of nitrogens with one attached hydrogen (secondary N) is 1. The smallest absolute Gasteiger partial charge is 0.255 e. The number of aromatic nitrogens is 1. The van der Waals surface area contributed by atoms with Gasteiger partial charge >= 0.3 is 0 Å². The van der Waals surface area contributed by atoms with Crippen LogP contribution < -0.4 is 5.32 Å². The average Bonchev–Trinajstić information content (AvgIpc) is 3.44. The lowest BCUT2D eigenvalue weighted by Gasteiger charge is -2.28. The Morgan fingerprint density at radius 1 is 0.857 bits per heavy atom. The number of halogens is 1. The van der Waals surface area contributed by atoms with Crippen molar-refractivity contribution in [3.05, 3.63) is 124 Å². The molecule has 0 fully saturated rings. The SMILES string of the molecule is O=C(Nc1ccc2oc(-c3cccc4c(Br)cccc34)nc2c1)c1ccc(S(=O)(=O)N2CCc3ccccc3C2)cc1. The van der Waals surface area contributed by atoms with Crippen LogP contribution in [0.5, 0.6) is 0 Å². The summed E-state index contributed by atoms with van der Waals surface area (Å²) in [5, 5.41) is 4.96. The van der Waals surface area contributed by atoms with Crippen LogP contribution in [0, 0.1) is 0 Å². The number of fused-ring (bicyclic) bond motifs is 3. The van der Waals surface area contributed by atoms with Gasteiger partial charge in [-0.1, -0.05) is 64.5 Å². The van der Waals surface area contributed by atoms with Crippen molar-refractivity contribution < 1.29 is 17.6 Å². The predicted molar refractivity (Wildman–Crippen MR) is 167 cm³/mol. The molecule has 42 heavy (non-hydrogen) atoms. The minimum Gasteiger partial charge on any atom is -0.436 e. The highest BCUT2D eigenvalue weighted by Crippen LogP contribution is 2.34. The third-order valence-corrected chi connectivity index (χ3v) is 10.1. The normalized spacial score (nSPS) is 13.7. The average molecular weight is 639 g/mol. The van der Waals surface area contributed by atoms with Crippen LogP contribution in [0.4, 0.5) is 5.69 Å². The number of benzene rings is 5. The number of rotatable bonds is 5. The number of nitrogens with zero attached hydrogens (tertiary/aromatic N) is 2. The maximum Gasteiger partial charge on any atom is 0.255 e. The van der Waals surface area contributed by atoms with E-state index >= 15 is 0 Å². The van der Waals surface area contributed by atoms with E-state index in [0.717, 1.165) is 26.4 Å². The number of hydrogen-bond donors (Lipinski definition) is 1. The second kappa shape index (κ2) is 10.5. The van der Waals surface area contributed by atoms with Crippen LogP contribution in [0.25, 0.3) is 33.3 Å². The molecule has 7 rings (SSSR count). The van der Waals surface area contributed by atoms with Crippen molar-refractivity contribution in [3.8, 4) is 11.5 Å². The zero-order valence-electron chi connectivity index (χ0n) is 22.2. The Morgan fingerprint density at radius 3 is 2.45 bits per heavy atom. The summed E-state index contributed by atoms with van der Waals surface area (Å²) in [5.41, 5.74) is 5.18. The molecule has 0 radical (unpaired) electrons. The van der Waals surface area contributed by atoms with Gasteiger partial charge in [-0.2, -0.15) is 4.31 Å². The monoisotopic (exact) mass is 637 g/mol. The molecule has 0 atom stereocenters. The maximum absolute atomic E-state index is 13.3. The Kier molecular flexibility index (Phi) is 6.65. The summed E-state index contributed by atoms with van der Waals surface area (Å²) >= 11 is 3.60. The van der Waals surface area contributed by atoms with Crippen LogP contribution in [0.1, 0.15) is 21.5 Å². The molecule has 1 aliphatic heterocycles. The molecule has 6 aromatic rings. The summed E-state index contributed by atoms with van der Waals surface area (Å²) in [6, 6.07) is 31.2. The molecule has 0 saturated carbocycles. The van der Waals surface area contributed by atoms with Gasteiger partial charge in [-0.3, -0.25) is 4.79 Å². The minimum absolute atomic E-state index is 0.162. The van der Waals surface area contributed by atoms with Gasteiger partial charge in [-0.25, -0.2) is 13.4 Å². The fourth-order valence-electron chi connectivity index (χ4n) is 5.38. The summed E-state index contributed by atoms with van der Waals surface area (Å²) in [6.07, 6.45) is 0.674. The van der Waals surface area contributed by atoms with E-state index in [1.54, 1.807) is 18.2 Å². The number of oxazole rings is 1. The van der Waals surface area contributed by atoms with Gasteiger partial charge < -0.3 is 9.73 Å². The van der Waals surface area contributed by atoms with Crippen molar-refractivity contribution in [1.29, 1.82) is 0 Å². The van der Waals surface area contributed by atoms with Crippen molar-refractivity contribution in [1.82, 2.24) is 9.29 Å². The Bertz CT molecular complexity index is 2110. The highest BCUT2D eigenvalue weighted by Gasteiger charge is 2.28. The van der Waals surface area contributed by atoms with Crippen LogP contribution in [-0.4, -0.2) is 30.2 Å². The number of carbonyl (C=O) groups excluding carboxylic acids is 1. The fraction of sp³-hybridized carbons (Fsp3) is 0.0909. The molecule has 1 aromatic heterocycles. The number of anilines is 1. The summed E-state index contributed by atoms with van der Waals surface area (Å²) in [4.78, 5) is 17.9. The van der Waals surface area contributed by atoms with Crippen LogP contribution >= 0.6 is 15.9 Å². The second-order valence-electron chi connectivity index (χ2n) is 10.2. The van der Waals surface area contributed by atoms with Gasteiger partial charge in [0.2, 0.25) is 15.9 Å². The highest BCUT2D eigenvalue weighted by molar-refractivity contribution is 9.10. The molecule has 0 unspecified atom stereocenters. The summed E-state index contributed by atoms with van der Waals surface area (Å²) in [5.74, 6) is 0.138. The van der Waals surface area contributed by atoms with Gasteiger partial charge in [0, 0.05) is 34.4 Å². The highest BCUT2D eigenvalue weighted by atomic mass is 79.9. The zero-order chi connectivity index (χ0) is 28.8. The first-order valence-corrected chi connectivity index (χ1v) is 15.7. The minimum atomic E-state index is -3.69. The summed E-state index contributed by atoms with van der Waals surface area (Å²) < 4.78 is 35.1. The molecular weight excluding hydrogens is 614 g/mol. The molecule has 1 aliphatic rings. The first-order chi connectivity index (χ1) is 20.4. The first-order valence-electron chi connectivity index (χ1n) is 13.4. The molecule has 0 saturated heterocycles. The first kappa shape index (κ1) is 26.6. The Morgan fingerprint density at radius 2 is 1.62 bits per heavy atom. The molecule has 0 aliphatic carbocycles. The summed E-state index contributed by atoms with van der Waals surface area (Å²) in [7, 11) is -3.69. The van der Waals surface area contributed by atoms with Gasteiger partial charge in [-0.05, 0) is 82.9 Å². The zero-order valence-corrected chi connectivity index (χ0v) is 24.7. The van der Waals surface area contributed by atoms with Gasteiger partial charge in [0.25, 0.3) is 5.91 Å². The third kappa shape index (κ3) is 4.79. The Labute approximate surface area is 251 Å². The van der Waals surface area contributed by atoms with Crippen LogP contribution in [0.3, 0.4) is 0 Å². The van der Waals surface area contributed by atoms with E-state index in [1.165, 1.54) is 34.1 Å². The van der Waals surface area contributed by atoms with Gasteiger partial charge in [0.1, 0.15) is 5.52 Å². The molecule has 0 spiro atoms. The Hall–Kier alpha value is -4.31. The third-order valence-electron chi connectivity index (χ3n) is 7.59. The van der Waals surface area contributed by atoms with Crippen molar-refractivity contribution >= 4 is 59.4 Å². The maximum atomic E-state index is 13.3. The van der Waals surface area contributed by atoms with Crippen molar-refractivity contribution in [3.63, 3.8) is 0 Å². The van der Waals surface area contributed by atoms with E-state index in [4.69, 9.17) is 9.40 Å². The van der Waals surface area contributed by atoms with E-state index in [1.807, 2.05) is 60.7 Å². The van der Waals surface area contributed by atoms with E-state index in [-0.39, 0.29) is 10.8 Å². The lowest BCUT2D eigenvalue weighted by molar-refractivity contribution is 0.102. The van der Waals surface area contributed by atoms with Crippen LogP contribution in [-0.2, 0) is 23.0 Å². The van der Waals surface area contributed by atoms with Gasteiger partial charge in [0.15, 0.2) is 5.58 Å². The largest absolute Gasteiger partial charge is 0.436 e. The number of sulfonamides is 1. The predicted octanol–water partition coefficient (Wildman–Crippen LogP) is 7.41. The number of hydrogen-bond acceptors (Lipinski definition) is 5. The topological polar surface area (TPSA) is 92.5 Å². The molecule has 7 nitrogen and oxygen atoms in total. The lowest BCUT2D eigenvalue weighted by Crippen LogP contribution is -2.35. The molecule has 9 heteroatoms. The van der Waals surface area contributed by atoms with Gasteiger partial charge in [0.05, 0.1) is 4.90 Å². The molecule has 1 amide bonds. The van der Waals surface area contributed by atoms with Crippen LogP contribution in [0.2, 0.25) is 0 Å². The van der Waals surface area contributed by atoms with E-state index in [9.17, 15) is 13.2 Å². The lowest BCUT2D eigenvalue weighted by atomic mass is 10.0. The van der Waals surface area contributed by atoms with Gasteiger partial charge in [-0.15, -0.1) is 0 Å². The number of carbonyl (C=O) groups is 1. The standard InChI is InChI=1S/C33H24BrN3O4S/c34-29-10-4-7-26-27(29)8-3-9-28(26)33-36-30-19-24(13-16-31(30)41-33)35-32(38)22-11-14-25(15-12-22)42(39,40)37-18-17-21-5-1-2-6-23(21)20-37/h1-16,19H,17-18,20H2,(H,35,38). The van der Waals surface area contributed by atoms with E-state index in [0.29, 0.717) is 47.8 Å². The molecule has 1 N–H and O–H groups in total. The van der Waals surface area contributed by atoms with E-state index < -0.39 is 10.0 Å². The van der Waals surface area contributed by atoms with Crippen LogP contribution in [0.15, 0.2) is 117 Å². The number of amides is 1. The summed E-state index contributed by atoms with van der Waals surface area (Å²) in [6.45, 7) is 0.761. The Balaban J connectivity index is 1.09.